The molecule has 23 heavy (non-hydrogen) atoms. The molecule has 0 saturated carbocycles. The summed E-state index contributed by atoms with van der Waals surface area (Å²) in [6.45, 7) is 1.01. The predicted molar refractivity (Wildman–Crippen MR) is 79.9 cm³/mol. The van der Waals surface area contributed by atoms with Crippen molar-refractivity contribution in [1.82, 2.24) is 9.62 Å². The van der Waals surface area contributed by atoms with Crippen molar-refractivity contribution in [3.63, 3.8) is 0 Å². The van der Waals surface area contributed by atoms with Gasteiger partial charge in [0.05, 0.1) is 12.0 Å². The summed E-state index contributed by atoms with van der Waals surface area (Å²) in [6, 6.07) is 4.30. The molecule has 1 amide bonds. The van der Waals surface area contributed by atoms with E-state index >= 15 is 0 Å². The van der Waals surface area contributed by atoms with Crippen molar-refractivity contribution in [3.05, 3.63) is 18.2 Å². The molecule has 0 bridgehead atoms. The molecule has 0 aromatic heterocycles. The van der Waals surface area contributed by atoms with Gasteiger partial charge in [0.2, 0.25) is 16.8 Å². The molecule has 8 nitrogen and oxygen atoms in total. The van der Waals surface area contributed by atoms with E-state index in [0.717, 1.165) is 0 Å². The minimum absolute atomic E-state index is 0.0955. The number of sulfonamides is 1. The van der Waals surface area contributed by atoms with Crippen LogP contribution < -0.4 is 14.2 Å². The molecule has 9 heteroatoms. The number of hydrogen-bond donors (Lipinski definition) is 1. The van der Waals surface area contributed by atoms with E-state index in [-0.39, 0.29) is 23.8 Å². The van der Waals surface area contributed by atoms with Crippen LogP contribution in [0.4, 0.5) is 4.79 Å². The lowest BCUT2D eigenvalue weighted by Crippen LogP contribution is -2.46. The van der Waals surface area contributed by atoms with Gasteiger partial charge in [0, 0.05) is 25.2 Å². The quantitative estimate of drug-likeness (QED) is 0.878. The Kier molecular flexibility index (Phi) is 4.31. The molecule has 3 rings (SSSR count). The Morgan fingerprint density at radius 3 is 2.65 bits per heavy atom. The Morgan fingerprint density at radius 2 is 1.96 bits per heavy atom. The van der Waals surface area contributed by atoms with Crippen molar-refractivity contribution in [2.75, 3.05) is 27.0 Å². The average Bonchev–Trinajstić information content (AvgIpc) is 3.02. The third kappa shape index (κ3) is 3.35. The summed E-state index contributed by atoms with van der Waals surface area (Å²) in [4.78, 5) is 13.1. The monoisotopic (exact) mass is 342 g/mol. The van der Waals surface area contributed by atoms with Gasteiger partial charge in [-0.1, -0.05) is 0 Å². The molecule has 1 N–H and O–H groups in total. The molecule has 0 unspecified atom stereocenters. The molecule has 0 spiro atoms. The van der Waals surface area contributed by atoms with Crippen LogP contribution in [0.15, 0.2) is 23.1 Å². The van der Waals surface area contributed by atoms with Gasteiger partial charge in [0.25, 0.3) is 0 Å². The van der Waals surface area contributed by atoms with Gasteiger partial charge in [-0.15, -0.1) is 0 Å². The molecule has 1 aromatic carbocycles. The fourth-order valence-electron chi connectivity index (χ4n) is 2.64. The van der Waals surface area contributed by atoms with E-state index in [1.54, 1.807) is 11.0 Å². The normalized spacial score (nSPS) is 18.0. The minimum atomic E-state index is -3.65. The van der Waals surface area contributed by atoms with E-state index < -0.39 is 10.0 Å². The zero-order valence-corrected chi connectivity index (χ0v) is 13.5. The highest BCUT2D eigenvalue weighted by atomic mass is 32.2. The summed E-state index contributed by atoms with van der Waals surface area (Å²) in [5, 5.41) is 0. The fraction of sp³-hybridized carbons (Fsp3) is 0.500. The van der Waals surface area contributed by atoms with Crippen molar-refractivity contribution >= 4 is 16.1 Å². The van der Waals surface area contributed by atoms with Crippen LogP contribution in [0.5, 0.6) is 11.5 Å². The zero-order valence-electron chi connectivity index (χ0n) is 12.6. The maximum atomic E-state index is 12.5. The Balaban J connectivity index is 1.64. The molecule has 1 saturated heterocycles. The third-order valence-corrected chi connectivity index (χ3v) is 5.42. The molecule has 0 atom stereocenters. The molecular formula is C14H18N2O6S. The Morgan fingerprint density at radius 1 is 1.26 bits per heavy atom. The second-order valence-electron chi connectivity index (χ2n) is 5.37. The molecule has 2 aliphatic rings. The maximum absolute atomic E-state index is 12.5. The third-order valence-electron chi connectivity index (χ3n) is 3.90. The van der Waals surface area contributed by atoms with E-state index in [0.29, 0.717) is 37.4 Å². The fourth-order valence-corrected chi connectivity index (χ4v) is 3.96. The number of likely N-dealkylation sites (tertiary alicyclic amines) is 1. The number of carbonyl (C=O) groups is 1. The van der Waals surface area contributed by atoms with Gasteiger partial charge in [-0.2, -0.15) is 0 Å². The number of benzene rings is 1. The smallest absolute Gasteiger partial charge is 0.409 e. The molecular weight excluding hydrogens is 324 g/mol. The lowest BCUT2D eigenvalue weighted by atomic mass is 10.1. The second kappa shape index (κ2) is 6.25. The van der Waals surface area contributed by atoms with Gasteiger partial charge in [-0.3, -0.25) is 0 Å². The average molecular weight is 342 g/mol. The first-order valence-corrected chi connectivity index (χ1v) is 8.73. The van der Waals surface area contributed by atoms with Crippen LogP contribution in [0.25, 0.3) is 0 Å². The molecule has 1 fully saturated rings. The molecule has 2 heterocycles. The second-order valence-corrected chi connectivity index (χ2v) is 7.08. The highest BCUT2D eigenvalue weighted by Crippen LogP contribution is 2.33. The number of nitrogens with zero attached hydrogens (tertiary/aromatic N) is 1. The van der Waals surface area contributed by atoms with Crippen LogP contribution in [-0.4, -0.2) is 52.4 Å². The summed E-state index contributed by atoms with van der Waals surface area (Å²) in [6.07, 6.45) is 0.694. The van der Waals surface area contributed by atoms with Crippen molar-refractivity contribution in [1.29, 1.82) is 0 Å². The van der Waals surface area contributed by atoms with Gasteiger partial charge in [0.1, 0.15) is 0 Å². The van der Waals surface area contributed by atoms with Gasteiger partial charge < -0.3 is 19.1 Å². The SMILES string of the molecule is COC(=O)N1CCC(NS(=O)(=O)c2ccc3c(c2)OCO3)CC1. The predicted octanol–water partition coefficient (Wildman–Crippen LogP) is 0.924. The zero-order chi connectivity index (χ0) is 16.4. The lowest BCUT2D eigenvalue weighted by Gasteiger charge is -2.31. The van der Waals surface area contributed by atoms with Crippen molar-refractivity contribution < 1.29 is 27.4 Å². The molecule has 1 aromatic rings. The minimum Gasteiger partial charge on any atom is -0.454 e. The summed E-state index contributed by atoms with van der Waals surface area (Å²) in [5.41, 5.74) is 0. The standard InChI is InChI=1S/C14H18N2O6S/c1-20-14(17)16-6-4-10(5-7-16)15-23(18,19)11-2-3-12-13(8-11)22-9-21-12/h2-3,8,10,15H,4-7,9H2,1H3. The van der Waals surface area contributed by atoms with Gasteiger partial charge in [-0.25, -0.2) is 17.9 Å². The van der Waals surface area contributed by atoms with E-state index in [1.165, 1.54) is 19.2 Å². The van der Waals surface area contributed by atoms with Crippen molar-refractivity contribution in [3.8, 4) is 11.5 Å². The summed E-state index contributed by atoms with van der Waals surface area (Å²) in [7, 11) is -2.31. The first-order valence-electron chi connectivity index (χ1n) is 7.24. The van der Waals surface area contributed by atoms with E-state index in [9.17, 15) is 13.2 Å². The number of amides is 1. The van der Waals surface area contributed by atoms with E-state index in [1.807, 2.05) is 0 Å². The Hall–Kier alpha value is -2.00. The van der Waals surface area contributed by atoms with Crippen LogP contribution in [-0.2, 0) is 14.8 Å². The number of carbonyl (C=O) groups excluding carboxylic acids is 1. The number of methoxy groups -OCH3 is 1. The van der Waals surface area contributed by atoms with Crippen molar-refractivity contribution in [2.45, 2.75) is 23.8 Å². The number of fused-ring (bicyclic) bond motifs is 1. The maximum Gasteiger partial charge on any atom is 0.409 e. The Labute approximate surface area is 134 Å². The highest BCUT2D eigenvalue weighted by Gasteiger charge is 2.28. The first kappa shape index (κ1) is 15.9. The van der Waals surface area contributed by atoms with Crippen molar-refractivity contribution in [2.24, 2.45) is 0 Å². The largest absolute Gasteiger partial charge is 0.454 e. The molecule has 0 radical (unpaired) electrons. The number of ether oxygens (including phenoxy) is 3. The number of rotatable bonds is 3. The van der Waals surface area contributed by atoms with Crippen LogP contribution in [0, 0.1) is 0 Å². The number of hydrogen-bond acceptors (Lipinski definition) is 6. The first-order chi connectivity index (χ1) is 11.0. The molecule has 126 valence electrons. The van der Waals surface area contributed by atoms with Crippen LogP contribution >= 0.6 is 0 Å². The topological polar surface area (TPSA) is 94.2 Å². The van der Waals surface area contributed by atoms with Crippen LogP contribution in [0.2, 0.25) is 0 Å². The van der Waals surface area contributed by atoms with E-state index in [2.05, 4.69) is 9.46 Å². The molecule has 2 aliphatic heterocycles. The highest BCUT2D eigenvalue weighted by molar-refractivity contribution is 7.89. The number of nitrogens with one attached hydrogen (secondary N) is 1. The Bertz CT molecular complexity index is 697. The summed E-state index contributed by atoms with van der Waals surface area (Å²) < 4.78 is 42.6. The lowest BCUT2D eigenvalue weighted by molar-refractivity contribution is 0.111. The summed E-state index contributed by atoms with van der Waals surface area (Å²) in [5.74, 6) is 0.962. The molecule has 0 aliphatic carbocycles. The van der Waals surface area contributed by atoms with Crippen LogP contribution in [0.1, 0.15) is 12.8 Å². The van der Waals surface area contributed by atoms with Gasteiger partial charge in [0.15, 0.2) is 11.5 Å². The van der Waals surface area contributed by atoms with Gasteiger partial charge >= 0.3 is 6.09 Å². The van der Waals surface area contributed by atoms with Crippen LogP contribution in [0.3, 0.4) is 0 Å². The van der Waals surface area contributed by atoms with Gasteiger partial charge in [-0.05, 0) is 25.0 Å². The van der Waals surface area contributed by atoms with E-state index in [4.69, 9.17) is 9.47 Å². The number of piperidine rings is 1. The summed E-state index contributed by atoms with van der Waals surface area (Å²) >= 11 is 0.